The molecule has 3 rings (SSSR count). The summed E-state index contributed by atoms with van der Waals surface area (Å²) in [6.07, 6.45) is 1.60. The van der Waals surface area contributed by atoms with Crippen LogP contribution in [0.25, 0.3) is 0 Å². The number of carbonyl (C=O) groups excluding carboxylic acids is 1. The monoisotopic (exact) mass is 348 g/mol. The molecule has 0 aliphatic heterocycles. The number of nitrogens with one attached hydrogen (secondary N) is 2. The first-order valence-corrected chi connectivity index (χ1v) is 7.82. The van der Waals surface area contributed by atoms with Crippen LogP contribution in [0.15, 0.2) is 66.9 Å². The summed E-state index contributed by atoms with van der Waals surface area (Å²) in [7, 11) is 0. The van der Waals surface area contributed by atoms with E-state index >= 15 is 0 Å². The van der Waals surface area contributed by atoms with Crippen LogP contribution in [0.1, 0.15) is 15.9 Å². The molecule has 0 saturated carbocycles. The number of hydrogen-bond donors (Lipinski definition) is 2. The fourth-order valence-electron chi connectivity index (χ4n) is 2.20. The Bertz CT molecular complexity index is 948. The van der Waals surface area contributed by atoms with Crippen molar-refractivity contribution in [1.29, 1.82) is 5.26 Å². The maximum absolute atomic E-state index is 12.2. The van der Waals surface area contributed by atoms with Crippen LogP contribution in [0.5, 0.6) is 0 Å². The smallest absolute Gasteiger partial charge is 0.258 e. The van der Waals surface area contributed by atoms with Gasteiger partial charge in [-0.15, -0.1) is 0 Å². The largest absolute Gasteiger partial charge is 0.354 e. The summed E-state index contributed by atoms with van der Waals surface area (Å²) in [6, 6.07) is 19.5. The first kappa shape index (κ1) is 16.5. The number of nitriles is 1. The van der Waals surface area contributed by atoms with Crippen LogP contribution in [0, 0.1) is 11.3 Å². The molecule has 0 aliphatic rings. The Morgan fingerprint density at radius 1 is 1.04 bits per heavy atom. The van der Waals surface area contributed by atoms with Crippen molar-refractivity contribution < 1.29 is 4.79 Å². The number of amides is 1. The van der Waals surface area contributed by atoms with Crippen molar-refractivity contribution in [2.45, 2.75) is 0 Å². The van der Waals surface area contributed by atoms with E-state index < -0.39 is 0 Å². The number of rotatable bonds is 4. The lowest BCUT2D eigenvalue weighted by Crippen LogP contribution is -2.13. The number of hydrogen-bond acceptors (Lipinski definition) is 4. The number of carbonyl (C=O) groups is 1. The molecule has 1 heterocycles. The Balaban J connectivity index is 1.69. The molecule has 0 atom stereocenters. The third kappa shape index (κ3) is 4.14. The number of pyridine rings is 1. The predicted molar refractivity (Wildman–Crippen MR) is 98.1 cm³/mol. The summed E-state index contributed by atoms with van der Waals surface area (Å²) in [5.41, 5.74) is 2.49. The first-order valence-electron chi connectivity index (χ1n) is 7.45. The molecular formula is C19H13ClN4O. The Morgan fingerprint density at radius 2 is 1.88 bits per heavy atom. The molecule has 1 aromatic heterocycles. The molecule has 1 amide bonds. The molecule has 0 unspecified atom stereocenters. The van der Waals surface area contributed by atoms with Crippen LogP contribution in [-0.4, -0.2) is 10.9 Å². The summed E-state index contributed by atoms with van der Waals surface area (Å²) in [4.78, 5) is 16.4. The van der Waals surface area contributed by atoms with Crippen LogP contribution in [0.2, 0.25) is 5.02 Å². The van der Waals surface area contributed by atoms with E-state index in [1.54, 1.807) is 60.8 Å². The maximum atomic E-state index is 12.2. The van der Waals surface area contributed by atoms with Crippen LogP contribution in [-0.2, 0) is 0 Å². The molecular weight excluding hydrogens is 336 g/mol. The normalized spacial score (nSPS) is 9.92. The summed E-state index contributed by atoms with van der Waals surface area (Å²) in [6.45, 7) is 0. The van der Waals surface area contributed by atoms with E-state index in [4.69, 9.17) is 16.9 Å². The van der Waals surface area contributed by atoms with Gasteiger partial charge >= 0.3 is 0 Å². The molecule has 0 radical (unpaired) electrons. The lowest BCUT2D eigenvalue weighted by molar-refractivity contribution is 0.102. The zero-order chi connectivity index (χ0) is 17.6. The van der Waals surface area contributed by atoms with Gasteiger partial charge in [-0.2, -0.15) is 5.26 Å². The van der Waals surface area contributed by atoms with Gasteiger partial charge in [0.2, 0.25) is 0 Å². The fraction of sp³-hybridized carbons (Fsp3) is 0. The minimum Gasteiger partial charge on any atom is -0.354 e. The molecule has 0 bridgehead atoms. The maximum Gasteiger partial charge on any atom is 0.258 e. The Hall–Kier alpha value is -3.36. The van der Waals surface area contributed by atoms with E-state index in [-0.39, 0.29) is 5.91 Å². The zero-order valence-electron chi connectivity index (χ0n) is 13.0. The third-order valence-corrected chi connectivity index (χ3v) is 3.73. The van der Waals surface area contributed by atoms with E-state index in [9.17, 15) is 4.79 Å². The van der Waals surface area contributed by atoms with Crippen molar-refractivity contribution in [3.63, 3.8) is 0 Å². The highest BCUT2D eigenvalue weighted by Crippen LogP contribution is 2.19. The van der Waals surface area contributed by atoms with E-state index in [0.29, 0.717) is 22.0 Å². The van der Waals surface area contributed by atoms with Gasteiger partial charge in [-0.25, -0.2) is 4.98 Å². The molecule has 0 spiro atoms. The molecule has 2 N–H and O–H groups in total. The fourth-order valence-corrected chi connectivity index (χ4v) is 2.43. The summed E-state index contributed by atoms with van der Waals surface area (Å²) >= 11 is 6.01. The second-order valence-electron chi connectivity index (χ2n) is 5.18. The number of nitrogens with zero attached hydrogens (tertiary/aromatic N) is 2. The van der Waals surface area contributed by atoms with Crippen molar-refractivity contribution in [1.82, 2.24) is 4.98 Å². The van der Waals surface area contributed by atoms with Crippen molar-refractivity contribution >= 4 is 34.7 Å². The topological polar surface area (TPSA) is 77.8 Å². The third-order valence-electron chi connectivity index (χ3n) is 3.40. The van der Waals surface area contributed by atoms with Gasteiger partial charge in [0.05, 0.1) is 34.1 Å². The van der Waals surface area contributed by atoms with Gasteiger partial charge in [0.1, 0.15) is 5.82 Å². The molecule has 25 heavy (non-hydrogen) atoms. The van der Waals surface area contributed by atoms with Crippen LogP contribution >= 0.6 is 11.6 Å². The van der Waals surface area contributed by atoms with Gasteiger partial charge in [0.15, 0.2) is 0 Å². The number of aromatic nitrogens is 1. The minimum atomic E-state index is -0.319. The van der Waals surface area contributed by atoms with Crippen LogP contribution in [0.3, 0.4) is 0 Å². The molecule has 5 nitrogen and oxygen atoms in total. The predicted octanol–water partition coefficient (Wildman–Crippen LogP) is 4.60. The van der Waals surface area contributed by atoms with Gasteiger partial charge in [0, 0.05) is 5.69 Å². The van der Waals surface area contributed by atoms with Crippen LogP contribution in [0.4, 0.5) is 17.2 Å². The highest BCUT2D eigenvalue weighted by Gasteiger charge is 2.10. The molecule has 6 heteroatoms. The quantitative estimate of drug-likeness (QED) is 0.722. The standard InChI is InChI=1S/C19H13ClN4O/c20-17-7-2-1-6-16(17)19(25)24-18-9-8-15(12-22-18)23-14-5-3-4-13(10-14)11-21/h1-10,12,23H,(H,22,24,25). The number of halogens is 1. The zero-order valence-corrected chi connectivity index (χ0v) is 13.8. The van der Waals surface area contributed by atoms with Gasteiger partial charge in [-0.05, 0) is 42.5 Å². The highest BCUT2D eigenvalue weighted by molar-refractivity contribution is 6.34. The van der Waals surface area contributed by atoms with Gasteiger partial charge < -0.3 is 10.6 Å². The SMILES string of the molecule is N#Cc1cccc(Nc2ccc(NC(=O)c3ccccc3Cl)nc2)c1. The van der Waals surface area contributed by atoms with Crippen molar-refractivity contribution in [3.05, 3.63) is 83.0 Å². The molecule has 3 aromatic rings. The van der Waals surface area contributed by atoms with E-state index in [1.807, 2.05) is 6.07 Å². The Labute approximate surface area is 149 Å². The Morgan fingerprint density at radius 3 is 2.60 bits per heavy atom. The second-order valence-corrected chi connectivity index (χ2v) is 5.59. The Kier molecular flexibility index (Phi) is 4.93. The lowest BCUT2D eigenvalue weighted by atomic mass is 10.2. The minimum absolute atomic E-state index is 0.319. The summed E-state index contributed by atoms with van der Waals surface area (Å²) in [5, 5.41) is 15.2. The first-order chi connectivity index (χ1) is 12.2. The van der Waals surface area contributed by atoms with Gasteiger partial charge in [-0.3, -0.25) is 4.79 Å². The molecule has 2 aromatic carbocycles. The van der Waals surface area contributed by atoms with E-state index in [2.05, 4.69) is 21.7 Å². The molecule has 0 fully saturated rings. The van der Waals surface area contributed by atoms with Crippen molar-refractivity contribution in [2.24, 2.45) is 0 Å². The van der Waals surface area contributed by atoms with Crippen molar-refractivity contribution in [2.75, 3.05) is 10.6 Å². The average Bonchev–Trinajstić information content (AvgIpc) is 2.64. The number of anilines is 3. The summed E-state index contributed by atoms with van der Waals surface area (Å²) in [5.74, 6) is 0.0989. The van der Waals surface area contributed by atoms with Crippen LogP contribution < -0.4 is 10.6 Å². The summed E-state index contributed by atoms with van der Waals surface area (Å²) < 4.78 is 0. The number of benzene rings is 2. The molecule has 0 saturated heterocycles. The average molecular weight is 349 g/mol. The highest BCUT2D eigenvalue weighted by atomic mass is 35.5. The van der Waals surface area contributed by atoms with Crippen molar-refractivity contribution in [3.8, 4) is 6.07 Å². The van der Waals surface area contributed by atoms with Gasteiger partial charge in [-0.1, -0.05) is 29.8 Å². The lowest BCUT2D eigenvalue weighted by Gasteiger charge is -2.09. The molecule has 122 valence electrons. The van der Waals surface area contributed by atoms with E-state index in [1.165, 1.54) is 0 Å². The second kappa shape index (κ2) is 7.47. The van der Waals surface area contributed by atoms with Gasteiger partial charge in [0.25, 0.3) is 5.91 Å². The molecule has 0 aliphatic carbocycles. The van der Waals surface area contributed by atoms with E-state index in [0.717, 1.165) is 11.4 Å².